The van der Waals surface area contributed by atoms with Crippen LogP contribution < -0.4 is 0 Å². The molecule has 4 heteroatoms. The van der Waals surface area contributed by atoms with Crippen molar-refractivity contribution in [2.75, 3.05) is 13.6 Å². The summed E-state index contributed by atoms with van der Waals surface area (Å²) in [7, 11) is 1.68. The number of carbonyl (C=O) groups excluding carboxylic acids is 1. The Kier molecular flexibility index (Phi) is 3.30. The zero-order valence-electron chi connectivity index (χ0n) is 5.51. The molecule has 0 fully saturated rings. The Bertz CT molecular complexity index is 135. The van der Waals surface area contributed by atoms with Crippen molar-refractivity contribution >= 4 is 23.6 Å². The molecule has 0 aliphatic rings. The van der Waals surface area contributed by atoms with Gasteiger partial charge < -0.3 is 4.90 Å². The Morgan fingerprint density at radius 1 is 1.78 bits per heavy atom. The van der Waals surface area contributed by atoms with Gasteiger partial charge in [-0.05, 0) is 6.92 Å². The Balaban J connectivity index is 3.63. The molecule has 0 heterocycles. The molecule has 0 radical (unpaired) electrons. The molecule has 0 amide bonds. The molecule has 9 heavy (non-hydrogen) atoms. The van der Waals surface area contributed by atoms with Gasteiger partial charge >= 0.3 is 0 Å². The third kappa shape index (κ3) is 4.02. The van der Waals surface area contributed by atoms with Gasteiger partial charge in [0.25, 0.3) is 0 Å². The topological polar surface area (TPSA) is 44.2 Å². The number of hydrogen-bond donors (Lipinski definition) is 2. The fraction of sp³-hybridized carbons (Fsp3) is 0.600. The van der Waals surface area contributed by atoms with Gasteiger partial charge in [-0.3, -0.25) is 10.2 Å². The van der Waals surface area contributed by atoms with Crippen LogP contribution in [0.15, 0.2) is 0 Å². The highest BCUT2D eigenvalue weighted by Gasteiger charge is 2.00. The van der Waals surface area contributed by atoms with Crippen molar-refractivity contribution in [3.63, 3.8) is 0 Å². The molecule has 3 nitrogen and oxygen atoms in total. The first kappa shape index (κ1) is 8.49. The minimum Gasteiger partial charge on any atom is -0.356 e. The average Bonchev–Trinajstić information content (AvgIpc) is 1.63. The molecule has 0 aromatic rings. The van der Waals surface area contributed by atoms with Crippen LogP contribution in [0, 0.1) is 5.41 Å². The molecule has 0 spiro atoms. The molecule has 0 saturated carbocycles. The summed E-state index contributed by atoms with van der Waals surface area (Å²) in [4.78, 5) is 11.8. The summed E-state index contributed by atoms with van der Waals surface area (Å²) in [6, 6.07) is 0. The van der Waals surface area contributed by atoms with Gasteiger partial charge in [0.15, 0.2) is 0 Å². The van der Waals surface area contributed by atoms with Crippen LogP contribution in [0.25, 0.3) is 0 Å². The van der Waals surface area contributed by atoms with Crippen LogP contribution in [0.5, 0.6) is 0 Å². The summed E-state index contributed by atoms with van der Waals surface area (Å²) in [6.07, 6.45) is 0. The smallest absolute Gasteiger partial charge is 0.205 e. The van der Waals surface area contributed by atoms with Crippen molar-refractivity contribution in [2.24, 2.45) is 0 Å². The van der Waals surface area contributed by atoms with Crippen molar-refractivity contribution in [3.05, 3.63) is 0 Å². The Morgan fingerprint density at radius 3 is 2.33 bits per heavy atom. The molecule has 0 saturated heterocycles. The molecule has 0 atom stereocenters. The Hall–Kier alpha value is -0.510. The lowest BCUT2D eigenvalue weighted by Gasteiger charge is -2.13. The molecule has 0 aliphatic heterocycles. The summed E-state index contributed by atoms with van der Waals surface area (Å²) in [5.74, 6) is 0.373. The maximum atomic E-state index is 10.3. The van der Waals surface area contributed by atoms with Crippen LogP contribution in [-0.2, 0) is 4.79 Å². The van der Waals surface area contributed by atoms with E-state index in [1.165, 1.54) is 4.90 Å². The number of carbonyl (C=O) groups is 1. The average molecular weight is 146 g/mol. The van der Waals surface area contributed by atoms with Crippen LogP contribution in [0.2, 0.25) is 0 Å². The third-order valence-corrected chi connectivity index (χ3v) is 1.09. The van der Waals surface area contributed by atoms with Gasteiger partial charge in [0.05, 0.1) is 12.4 Å². The molecular formula is C5H10N2OS. The Labute approximate surface area is 60.0 Å². The zero-order chi connectivity index (χ0) is 7.44. The summed E-state index contributed by atoms with van der Waals surface area (Å²) >= 11 is 3.55. The lowest BCUT2D eigenvalue weighted by Crippen LogP contribution is -2.27. The second-order valence-electron chi connectivity index (χ2n) is 1.84. The highest BCUT2D eigenvalue weighted by Crippen LogP contribution is 1.86. The van der Waals surface area contributed by atoms with Crippen molar-refractivity contribution in [2.45, 2.75) is 6.92 Å². The number of amidine groups is 1. The van der Waals surface area contributed by atoms with Crippen molar-refractivity contribution < 1.29 is 4.79 Å². The van der Waals surface area contributed by atoms with Gasteiger partial charge in [-0.25, -0.2) is 0 Å². The summed E-state index contributed by atoms with van der Waals surface area (Å²) in [6.45, 7) is 1.83. The van der Waals surface area contributed by atoms with Crippen molar-refractivity contribution in [1.82, 2.24) is 4.90 Å². The van der Waals surface area contributed by atoms with Gasteiger partial charge in [0.1, 0.15) is 0 Å². The molecule has 0 unspecified atom stereocenters. The molecule has 0 aromatic carbocycles. The standard InChI is InChI=1S/C5H10N2OS/c1-4(6)7(2)3-5(8)9/h6H,3H2,1-2H3,(H,8,9). The second-order valence-corrected chi connectivity index (χ2v) is 2.33. The Morgan fingerprint density at radius 2 is 2.22 bits per heavy atom. The number of nitrogens with zero attached hydrogens (tertiary/aromatic N) is 1. The lowest BCUT2D eigenvalue weighted by molar-refractivity contribution is -0.110. The third-order valence-electron chi connectivity index (χ3n) is 0.945. The van der Waals surface area contributed by atoms with E-state index in [9.17, 15) is 4.79 Å². The number of likely N-dealkylation sites (N-methyl/N-ethyl adjacent to an activating group) is 1. The number of rotatable bonds is 2. The minimum absolute atomic E-state index is 0.207. The maximum absolute atomic E-state index is 10.3. The zero-order valence-corrected chi connectivity index (χ0v) is 6.40. The molecule has 1 N–H and O–H groups in total. The van der Waals surface area contributed by atoms with Crippen LogP contribution in [0.3, 0.4) is 0 Å². The van der Waals surface area contributed by atoms with E-state index in [0.29, 0.717) is 5.84 Å². The molecule has 0 rings (SSSR count). The first-order chi connectivity index (χ1) is 4.04. The summed E-state index contributed by atoms with van der Waals surface area (Å²) in [5, 5.41) is 6.81. The maximum Gasteiger partial charge on any atom is 0.205 e. The van der Waals surface area contributed by atoms with Crippen LogP contribution >= 0.6 is 12.6 Å². The summed E-state index contributed by atoms with van der Waals surface area (Å²) in [5.41, 5.74) is 0. The van der Waals surface area contributed by atoms with Crippen molar-refractivity contribution in [3.8, 4) is 0 Å². The lowest BCUT2D eigenvalue weighted by atomic mass is 10.5. The van der Waals surface area contributed by atoms with Gasteiger partial charge in [-0.2, -0.15) is 0 Å². The van der Waals surface area contributed by atoms with Crippen LogP contribution in [-0.4, -0.2) is 29.4 Å². The first-order valence-corrected chi connectivity index (χ1v) is 2.97. The van der Waals surface area contributed by atoms with E-state index in [4.69, 9.17) is 5.41 Å². The van der Waals surface area contributed by atoms with Gasteiger partial charge in [-0.1, -0.05) is 0 Å². The summed E-state index contributed by atoms with van der Waals surface area (Å²) < 4.78 is 0. The van der Waals surface area contributed by atoms with E-state index in [1.54, 1.807) is 14.0 Å². The predicted molar refractivity (Wildman–Crippen MR) is 40.0 cm³/mol. The molecular weight excluding hydrogens is 136 g/mol. The predicted octanol–water partition coefficient (Wildman–Crippen LogP) is 0.372. The highest BCUT2D eigenvalue weighted by atomic mass is 32.1. The molecule has 52 valence electrons. The number of hydrogen-bond acceptors (Lipinski definition) is 2. The SMILES string of the molecule is CC(=N)N(C)CC(=O)S. The molecule has 0 bridgehead atoms. The van der Waals surface area contributed by atoms with Crippen molar-refractivity contribution in [1.29, 1.82) is 5.41 Å². The van der Waals surface area contributed by atoms with E-state index in [2.05, 4.69) is 12.6 Å². The quantitative estimate of drug-likeness (QED) is 0.336. The van der Waals surface area contributed by atoms with E-state index >= 15 is 0 Å². The fourth-order valence-electron chi connectivity index (χ4n) is 0.321. The van der Waals surface area contributed by atoms with E-state index < -0.39 is 0 Å². The monoisotopic (exact) mass is 146 g/mol. The fourth-order valence-corrected chi connectivity index (χ4v) is 0.534. The van der Waals surface area contributed by atoms with Gasteiger partial charge in [0.2, 0.25) is 5.12 Å². The highest BCUT2D eigenvalue weighted by molar-refractivity contribution is 7.96. The van der Waals surface area contributed by atoms with E-state index in [-0.39, 0.29) is 11.7 Å². The second kappa shape index (κ2) is 3.50. The normalized spacial score (nSPS) is 8.78. The molecule has 0 aliphatic carbocycles. The van der Waals surface area contributed by atoms with Crippen LogP contribution in [0.4, 0.5) is 0 Å². The van der Waals surface area contributed by atoms with E-state index in [1.807, 2.05) is 0 Å². The number of nitrogens with one attached hydrogen (secondary N) is 1. The van der Waals surface area contributed by atoms with Gasteiger partial charge in [-0.15, -0.1) is 12.6 Å². The number of thiol groups is 1. The first-order valence-electron chi connectivity index (χ1n) is 2.52. The largest absolute Gasteiger partial charge is 0.356 e. The van der Waals surface area contributed by atoms with Gasteiger partial charge in [0, 0.05) is 7.05 Å². The molecule has 0 aromatic heterocycles. The van der Waals surface area contributed by atoms with E-state index in [0.717, 1.165) is 0 Å². The minimum atomic E-state index is -0.218. The van der Waals surface area contributed by atoms with Crippen LogP contribution in [0.1, 0.15) is 6.92 Å².